The summed E-state index contributed by atoms with van der Waals surface area (Å²) in [5.41, 5.74) is 0. The summed E-state index contributed by atoms with van der Waals surface area (Å²) in [6.45, 7) is 12.9. The summed E-state index contributed by atoms with van der Waals surface area (Å²) in [5.74, 6) is 1.68. The lowest BCUT2D eigenvalue weighted by Crippen LogP contribution is -2.34. The van der Waals surface area contributed by atoms with Crippen molar-refractivity contribution < 1.29 is 0 Å². The molecule has 1 nitrogen and oxygen atoms in total. The zero-order valence-corrected chi connectivity index (χ0v) is 11.0. The van der Waals surface area contributed by atoms with E-state index >= 15 is 0 Å². The van der Waals surface area contributed by atoms with Gasteiger partial charge in [0.25, 0.3) is 0 Å². The van der Waals surface area contributed by atoms with Gasteiger partial charge in [0.1, 0.15) is 0 Å². The highest BCUT2D eigenvalue weighted by Crippen LogP contribution is 2.17. The summed E-state index contributed by atoms with van der Waals surface area (Å²) in [6, 6.07) is 0.742. The molecule has 0 saturated carbocycles. The van der Waals surface area contributed by atoms with Gasteiger partial charge in [-0.3, -0.25) is 0 Å². The van der Waals surface area contributed by atoms with E-state index in [2.05, 4.69) is 46.6 Å². The van der Waals surface area contributed by atoms with Gasteiger partial charge in [0.05, 0.1) is 0 Å². The third kappa shape index (κ3) is 4.99. The van der Waals surface area contributed by atoms with Crippen molar-refractivity contribution in [3.05, 3.63) is 0 Å². The normalized spacial score (nSPS) is 18.2. The maximum Gasteiger partial charge on any atom is 0.00638 e. The summed E-state index contributed by atoms with van der Waals surface area (Å²) < 4.78 is 0. The average Bonchev–Trinajstić information content (AvgIpc) is 2.16. The van der Waals surface area contributed by atoms with Gasteiger partial charge in [-0.2, -0.15) is 0 Å². The van der Waals surface area contributed by atoms with Crippen LogP contribution in [0.3, 0.4) is 0 Å². The van der Waals surface area contributed by atoms with Crippen LogP contribution in [0.5, 0.6) is 0 Å². The molecule has 1 unspecified atom stereocenters. The van der Waals surface area contributed by atoms with Gasteiger partial charge in [-0.05, 0) is 32.2 Å². The third-order valence-corrected chi connectivity index (χ3v) is 3.65. The van der Waals surface area contributed by atoms with Crippen LogP contribution < -0.4 is 0 Å². The van der Waals surface area contributed by atoms with Crippen LogP contribution in [0.15, 0.2) is 0 Å². The second-order valence-electron chi connectivity index (χ2n) is 4.94. The maximum atomic E-state index is 2.51. The van der Waals surface area contributed by atoms with E-state index in [1.807, 2.05) is 0 Å². The second kappa shape index (κ2) is 7.28. The molecule has 0 aliphatic rings. The molecule has 0 aromatic heterocycles. The number of rotatable bonds is 7. The van der Waals surface area contributed by atoms with Crippen LogP contribution in [0, 0.1) is 11.8 Å². The Labute approximate surface area is 90.9 Å². The number of hydrogen-bond donors (Lipinski definition) is 0. The Kier molecular flexibility index (Phi) is 7.26. The fourth-order valence-corrected chi connectivity index (χ4v) is 1.85. The lowest BCUT2D eigenvalue weighted by atomic mass is 9.93. The standard InChI is InChI=1S/C13H29N/c1-7-9-13(5)14(6)10-12(4)11(3)8-2/h11-13H,7-10H2,1-6H3/t11?,12-,13+/m0/s1. The zero-order chi connectivity index (χ0) is 11.1. The lowest BCUT2D eigenvalue weighted by molar-refractivity contribution is 0.186. The molecule has 0 saturated heterocycles. The number of hydrogen-bond acceptors (Lipinski definition) is 1. The van der Waals surface area contributed by atoms with Gasteiger partial charge in [0.15, 0.2) is 0 Å². The van der Waals surface area contributed by atoms with Crippen LogP contribution in [0.4, 0.5) is 0 Å². The van der Waals surface area contributed by atoms with E-state index in [9.17, 15) is 0 Å². The van der Waals surface area contributed by atoms with Crippen molar-refractivity contribution in [1.29, 1.82) is 0 Å². The Morgan fingerprint density at radius 3 is 2.00 bits per heavy atom. The molecule has 0 N–H and O–H groups in total. The molecule has 1 heteroatoms. The molecule has 0 aliphatic carbocycles. The zero-order valence-electron chi connectivity index (χ0n) is 11.0. The molecule has 0 aromatic carbocycles. The van der Waals surface area contributed by atoms with Crippen molar-refractivity contribution in [2.45, 2.75) is 59.9 Å². The van der Waals surface area contributed by atoms with Crippen molar-refractivity contribution in [3.63, 3.8) is 0 Å². The van der Waals surface area contributed by atoms with Gasteiger partial charge in [-0.25, -0.2) is 0 Å². The van der Waals surface area contributed by atoms with Crippen molar-refractivity contribution in [2.75, 3.05) is 13.6 Å². The summed E-state index contributed by atoms with van der Waals surface area (Å²) in [6.07, 6.45) is 3.92. The predicted molar refractivity (Wildman–Crippen MR) is 65.6 cm³/mol. The van der Waals surface area contributed by atoms with Crippen LogP contribution in [0.1, 0.15) is 53.9 Å². The fraction of sp³-hybridized carbons (Fsp3) is 1.00. The van der Waals surface area contributed by atoms with E-state index in [0.29, 0.717) is 0 Å². The maximum absolute atomic E-state index is 2.51. The summed E-state index contributed by atoms with van der Waals surface area (Å²) >= 11 is 0. The van der Waals surface area contributed by atoms with Crippen molar-refractivity contribution in [3.8, 4) is 0 Å². The van der Waals surface area contributed by atoms with Gasteiger partial charge in [-0.15, -0.1) is 0 Å². The molecule has 0 aromatic rings. The third-order valence-electron chi connectivity index (χ3n) is 3.65. The Bertz CT molecular complexity index is 133. The Balaban J connectivity index is 3.85. The van der Waals surface area contributed by atoms with Crippen LogP contribution in [-0.4, -0.2) is 24.5 Å². The topological polar surface area (TPSA) is 3.24 Å². The monoisotopic (exact) mass is 199 g/mol. The van der Waals surface area contributed by atoms with Crippen molar-refractivity contribution >= 4 is 0 Å². The van der Waals surface area contributed by atoms with Gasteiger partial charge >= 0.3 is 0 Å². The SMILES string of the molecule is CCC[C@@H](C)N(C)C[C@H](C)C(C)CC. The van der Waals surface area contributed by atoms with Crippen molar-refractivity contribution in [1.82, 2.24) is 4.90 Å². The van der Waals surface area contributed by atoms with Gasteiger partial charge in [-0.1, -0.05) is 40.5 Å². The van der Waals surface area contributed by atoms with Crippen LogP contribution >= 0.6 is 0 Å². The molecule has 86 valence electrons. The lowest BCUT2D eigenvalue weighted by Gasteiger charge is -2.29. The molecule has 0 rings (SSSR count). The first kappa shape index (κ1) is 14.0. The van der Waals surface area contributed by atoms with E-state index < -0.39 is 0 Å². The molecular weight excluding hydrogens is 170 g/mol. The molecular formula is C13H29N. The van der Waals surface area contributed by atoms with Crippen molar-refractivity contribution in [2.24, 2.45) is 11.8 Å². The minimum Gasteiger partial charge on any atom is -0.303 e. The highest BCUT2D eigenvalue weighted by molar-refractivity contribution is 4.68. The van der Waals surface area contributed by atoms with E-state index in [-0.39, 0.29) is 0 Å². The fourth-order valence-electron chi connectivity index (χ4n) is 1.85. The van der Waals surface area contributed by atoms with E-state index in [1.165, 1.54) is 25.8 Å². The minimum atomic E-state index is 0.742. The Hall–Kier alpha value is -0.0400. The quantitative estimate of drug-likeness (QED) is 0.603. The largest absolute Gasteiger partial charge is 0.303 e. The van der Waals surface area contributed by atoms with Gasteiger partial charge in [0, 0.05) is 12.6 Å². The summed E-state index contributed by atoms with van der Waals surface area (Å²) in [4.78, 5) is 2.51. The number of nitrogens with zero attached hydrogens (tertiary/aromatic N) is 1. The first-order valence-corrected chi connectivity index (χ1v) is 6.23. The molecule has 14 heavy (non-hydrogen) atoms. The Morgan fingerprint density at radius 1 is 1.00 bits per heavy atom. The first-order chi connectivity index (χ1) is 6.52. The van der Waals surface area contributed by atoms with Gasteiger partial charge in [0.2, 0.25) is 0 Å². The van der Waals surface area contributed by atoms with Crippen LogP contribution in [-0.2, 0) is 0 Å². The van der Waals surface area contributed by atoms with Gasteiger partial charge < -0.3 is 4.90 Å². The molecule has 3 atom stereocenters. The van der Waals surface area contributed by atoms with E-state index in [1.54, 1.807) is 0 Å². The molecule has 0 fully saturated rings. The highest BCUT2D eigenvalue weighted by atomic mass is 15.1. The first-order valence-electron chi connectivity index (χ1n) is 6.23. The molecule has 0 radical (unpaired) electrons. The summed E-state index contributed by atoms with van der Waals surface area (Å²) in [5, 5.41) is 0. The summed E-state index contributed by atoms with van der Waals surface area (Å²) in [7, 11) is 2.26. The molecule has 0 spiro atoms. The second-order valence-corrected chi connectivity index (χ2v) is 4.94. The molecule has 0 bridgehead atoms. The molecule has 0 heterocycles. The minimum absolute atomic E-state index is 0.742. The van der Waals surface area contributed by atoms with E-state index in [0.717, 1.165) is 17.9 Å². The van der Waals surface area contributed by atoms with Crippen LogP contribution in [0.25, 0.3) is 0 Å². The Morgan fingerprint density at radius 2 is 1.57 bits per heavy atom. The smallest absolute Gasteiger partial charge is 0.00638 e. The predicted octanol–water partition coefficient (Wildman–Crippen LogP) is 3.79. The molecule has 0 aliphatic heterocycles. The average molecular weight is 199 g/mol. The molecule has 0 amide bonds. The highest BCUT2D eigenvalue weighted by Gasteiger charge is 2.15. The van der Waals surface area contributed by atoms with E-state index in [4.69, 9.17) is 0 Å². The van der Waals surface area contributed by atoms with Crippen LogP contribution in [0.2, 0.25) is 0 Å².